The molecule has 1 aromatic rings. The average Bonchev–Trinajstić information content (AvgIpc) is 2.23. The number of benzene rings is 1. The van der Waals surface area contributed by atoms with Gasteiger partial charge in [-0.3, -0.25) is 0 Å². The Morgan fingerprint density at radius 3 is 3.07 bits per heavy atom. The molecular formula is C13H16FO. The Morgan fingerprint density at radius 1 is 1.47 bits per heavy atom. The maximum atomic E-state index is 12.7. The maximum Gasteiger partial charge on any atom is 0.134 e. The van der Waals surface area contributed by atoms with Gasteiger partial charge in [0.25, 0.3) is 0 Å². The molecule has 0 heterocycles. The van der Waals surface area contributed by atoms with E-state index in [9.17, 15) is 4.39 Å². The van der Waals surface area contributed by atoms with E-state index in [0.29, 0.717) is 12.4 Å². The third kappa shape index (κ3) is 5.21. The van der Waals surface area contributed by atoms with Gasteiger partial charge in [0.2, 0.25) is 0 Å². The molecule has 0 spiro atoms. The Kier molecular flexibility index (Phi) is 5.52. The van der Waals surface area contributed by atoms with Crippen molar-refractivity contribution in [1.82, 2.24) is 0 Å². The van der Waals surface area contributed by atoms with Crippen LogP contribution in [0.4, 0.5) is 4.39 Å². The molecule has 0 unspecified atom stereocenters. The fourth-order valence-corrected chi connectivity index (χ4v) is 1.23. The molecule has 0 aliphatic rings. The largest absolute Gasteiger partial charge is 0.493 e. The highest BCUT2D eigenvalue weighted by atomic mass is 19.1. The number of hydrogen-bond acceptors (Lipinski definition) is 1. The van der Waals surface area contributed by atoms with Crippen LogP contribution in [0, 0.1) is 11.9 Å². The van der Waals surface area contributed by atoms with Crippen LogP contribution in [-0.2, 0) is 0 Å². The smallest absolute Gasteiger partial charge is 0.134 e. The Bertz CT molecular complexity index is 307. The van der Waals surface area contributed by atoms with Gasteiger partial charge in [-0.2, -0.15) is 0 Å². The zero-order chi connectivity index (χ0) is 10.9. The van der Waals surface area contributed by atoms with Gasteiger partial charge in [0.05, 0.1) is 6.61 Å². The summed E-state index contributed by atoms with van der Waals surface area (Å²) in [4.78, 5) is 0. The van der Waals surface area contributed by atoms with Gasteiger partial charge in [-0.05, 0) is 38.3 Å². The van der Waals surface area contributed by atoms with Crippen molar-refractivity contribution in [3.8, 4) is 5.75 Å². The van der Waals surface area contributed by atoms with E-state index in [1.165, 1.54) is 12.1 Å². The molecule has 1 aromatic carbocycles. The van der Waals surface area contributed by atoms with Gasteiger partial charge in [-0.1, -0.05) is 12.2 Å². The minimum absolute atomic E-state index is 0.374. The quantitative estimate of drug-likeness (QED) is 0.510. The molecular weight excluding hydrogens is 191 g/mol. The number of unbranched alkanes of at least 4 members (excludes halogenated alkanes) is 2. The molecule has 0 N–H and O–H groups in total. The van der Waals surface area contributed by atoms with E-state index in [4.69, 9.17) is 4.74 Å². The van der Waals surface area contributed by atoms with E-state index in [0.717, 1.165) is 19.3 Å². The number of allylic oxidation sites excluding steroid dienone is 2. The second-order valence-corrected chi connectivity index (χ2v) is 3.29. The van der Waals surface area contributed by atoms with Crippen molar-refractivity contribution in [2.45, 2.75) is 26.2 Å². The first-order valence-corrected chi connectivity index (χ1v) is 5.24. The molecule has 15 heavy (non-hydrogen) atoms. The minimum Gasteiger partial charge on any atom is -0.493 e. The third-order valence-electron chi connectivity index (χ3n) is 2.01. The monoisotopic (exact) mass is 207 g/mol. The first kappa shape index (κ1) is 11.8. The van der Waals surface area contributed by atoms with Gasteiger partial charge in [0, 0.05) is 12.1 Å². The molecule has 0 amide bonds. The topological polar surface area (TPSA) is 9.23 Å². The fourth-order valence-electron chi connectivity index (χ4n) is 1.23. The zero-order valence-electron chi connectivity index (χ0n) is 9.00. The number of ether oxygens (including phenoxy) is 1. The van der Waals surface area contributed by atoms with Crippen LogP contribution in [0.2, 0.25) is 0 Å². The Hall–Kier alpha value is -1.31. The summed E-state index contributed by atoms with van der Waals surface area (Å²) >= 11 is 0. The van der Waals surface area contributed by atoms with Gasteiger partial charge >= 0.3 is 0 Å². The molecule has 0 atom stereocenters. The molecule has 0 aliphatic heterocycles. The van der Waals surface area contributed by atoms with Crippen molar-refractivity contribution in [3.63, 3.8) is 0 Å². The number of rotatable bonds is 6. The summed E-state index contributed by atoms with van der Waals surface area (Å²) in [6.07, 6.45) is 7.35. The molecule has 0 fully saturated rings. The predicted octanol–water partition coefficient (Wildman–Crippen LogP) is 3.75. The lowest BCUT2D eigenvalue weighted by Gasteiger charge is -2.04. The van der Waals surface area contributed by atoms with E-state index in [-0.39, 0.29) is 5.82 Å². The summed E-state index contributed by atoms with van der Waals surface area (Å²) < 4.78 is 18.1. The van der Waals surface area contributed by atoms with Crippen molar-refractivity contribution in [3.05, 3.63) is 42.2 Å². The van der Waals surface area contributed by atoms with Crippen molar-refractivity contribution in [2.75, 3.05) is 6.61 Å². The summed E-state index contributed by atoms with van der Waals surface area (Å²) in [5.41, 5.74) is 0. The normalized spacial score (nSPS) is 10.8. The summed E-state index contributed by atoms with van der Waals surface area (Å²) in [5.74, 6) is 0.207. The molecule has 81 valence electrons. The van der Waals surface area contributed by atoms with Crippen molar-refractivity contribution in [2.24, 2.45) is 0 Å². The van der Waals surface area contributed by atoms with E-state index < -0.39 is 0 Å². The van der Waals surface area contributed by atoms with Crippen LogP contribution in [0.1, 0.15) is 26.2 Å². The van der Waals surface area contributed by atoms with Crippen LogP contribution in [0.3, 0.4) is 0 Å². The lowest BCUT2D eigenvalue weighted by Crippen LogP contribution is -1.97. The summed E-state index contributed by atoms with van der Waals surface area (Å²) in [5, 5.41) is 0. The van der Waals surface area contributed by atoms with Crippen LogP contribution in [-0.4, -0.2) is 6.61 Å². The lowest BCUT2D eigenvalue weighted by molar-refractivity contribution is 0.306. The van der Waals surface area contributed by atoms with Gasteiger partial charge in [0.1, 0.15) is 11.6 Å². The summed E-state index contributed by atoms with van der Waals surface area (Å²) in [6.45, 7) is 2.65. The molecule has 0 aliphatic carbocycles. The Labute approximate surface area is 90.6 Å². The van der Waals surface area contributed by atoms with Crippen LogP contribution in [0.5, 0.6) is 5.75 Å². The summed E-state index contributed by atoms with van der Waals surface area (Å²) in [7, 11) is 0. The van der Waals surface area contributed by atoms with Crippen LogP contribution in [0.15, 0.2) is 30.4 Å². The molecule has 1 nitrogen and oxygen atoms in total. The Balaban J connectivity index is 2.15. The Morgan fingerprint density at radius 2 is 2.33 bits per heavy atom. The van der Waals surface area contributed by atoms with E-state index in [2.05, 4.69) is 12.1 Å². The van der Waals surface area contributed by atoms with E-state index >= 15 is 0 Å². The zero-order valence-corrected chi connectivity index (χ0v) is 9.00. The van der Waals surface area contributed by atoms with Gasteiger partial charge in [0.15, 0.2) is 0 Å². The number of halogens is 1. The van der Waals surface area contributed by atoms with Gasteiger partial charge in [-0.25, -0.2) is 4.39 Å². The molecule has 2 heteroatoms. The fraction of sp³-hybridized carbons (Fsp3) is 0.385. The van der Waals surface area contributed by atoms with Crippen LogP contribution >= 0.6 is 0 Å². The maximum absolute atomic E-state index is 12.7. The van der Waals surface area contributed by atoms with Gasteiger partial charge < -0.3 is 4.74 Å². The van der Waals surface area contributed by atoms with Crippen molar-refractivity contribution in [1.29, 1.82) is 0 Å². The summed E-state index contributed by atoms with van der Waals surface area (Å²) in [6, 6.07) is 7.04. The van der Waals surface area contributed by atoms with E-state index in [1.54, 1.807) is 6.07 Å². The van der Waals surface area contributed by atoms with E-state index in [1.807, 2.05) is 13.0 Å². The highest BCUT2D eigenvalue weighted by Crippen LogP contribution is 2.12. The van der Waals surface area contributed by atoms with Gasteiger partial charge in [-0.15, -0.1) is 0 Å². The molecule has 0 saturated heterocycles. The average molecular weight is 207 g/mol. The van der Waals surface area contributed by atoms with Crippen molar-refractivity contribution < 1.29 is 9.13 Å². The highest BCUT2D eigenvalue weighted by Gasteiger charge is 1.95. The third-order valence-corrected chi connectivity index (χ3v) is 2.01. The molecule has 0 bridgehead atoms. The molecule has 0 aromatic heterocycles. The first-order valence-electron chi connectivity index (χ1n) is 5.24. The standard InChI is InChI=1S/C13H16FO/c1-2-3-4-5-6-10-15-13-9-7-8-12(14)11-13/h2-3,7,9,11H,4-6,10H2,1H3. The molecule has 0 saturated carbocycles. The highest BCUT2D eigenvalue weighted by molar-refractivity contribution is 5.21. The molecule has 1 rings (SSSR count). The SMILES string of the molecule is CC=CCCCCOc1cc[c]c(F)c1. The van der Waals surface area contributed by atoms with Crippen LogP contribution < -0.4 is 4.74 Å². The second-order valence-electron chi connectivity index (χ2n) is 3.29. The predicted molar refractivity (Wildman–Crippen MR) is 59.4 cm³/mol. The van der Waals surface area contributed by atoms with Crippen molar-refractivity contribution >= 4 is 0 Å². The lowest BCUT2D eigenvalue weighted by atomic mass is 10.2. The number of hydrogen-bond donors (Lipinski definition) is 0. The first-order chi connectivity index (χ1) is 7.33. The second kappa shape index (κ2) is 7.04. The van der Waals surface area contributed by atoms with Crippen LogP contribution in [0.25, 0.3) is 0 Å². The molecule has 1 radical (unpaired) electrons. The minimum atomic E-state index is -0.374.